The third-order valence-electron chi connectivity index (χ3n) is 5.10. The van der Waals surface area contributed by atoms with Gasteiger partial charge in [-0.2, -0.15) is 0 Å². The highest BCUT2D eigenvalue weighted by Gasteiger charge is 2.35. The Kier molecular flexibility index (Phi) is 8.21. The largest absolute Gasteiger partial charge is 0.420 e. The van der Waals surface area contributed by atoms with Crippen LogP contribution in [0.1, 0.15) is 16.7 Å². The molecule has 0 N–H and O–H groups in total. The topological polar surface area (TPSA) is 36.9 Å². The van der Waals surface area contributed by atoms with Crippen molar-refractivity contribution in [3.63, 3.8) is 0 Å². The number of hydrogen-bond donors (Lipinski definition) is 0. The van der Waals surface area contributed by atoms with E-state index in [0.29, 0.717) is 19.8 Å². The van der Waals surface area contributed by atoms with E-state index in [1.165, 1.54) is 11.1 Å². The zero-order chi connectivity index (χ0) is 20.4. The van der Waals surface area contributed by atoms with Crippen molar-refractivity contribution in [3.05, 3.63) is 108 Å². The van der Waals surface area contributed by atoms with Gasteiger partial charge in [-0.05, 0) is 16.7 Å². The summed E-state index contributed by atoms with van der Waals surface area (Å²) in [5, 5.41) is 0. The Bertz CT molecular complexity index is 744. The molecule has 30 heavy (non-hydrogen) atoms. The van der Waals surface area contributed by atoms with Crippen LogP contribution < -0.4 is 0 Å². The normalized spacial score (nSPS) is 22.2. The summed E-state index contributed by atoms with van der Waals surface area (Å²) in [6.45, 7) is 1.87. The van der Waals surface area contributed by atoms with Crippen LogP contribution in [0.15, 0.2) is 91.0 Å². The van der Waals surface area contributed by atoms with Gasteiger partial charge < -0.3 is 18.0 Å². The first-order valence-corrected chi connectivity index (χ1v) is 19.2. The van der Waals surface area contributed by atoms with Crippen LogP contribution in [0.25, 0.3) is 0 Å². The van der Waals surface area contributed by atoms with Gasteiger partial charge in [0.25, 0.3) is 8.80 Å². The summed E-state index contributed by atoms with van der Waals surface area (Å²) < 4.78 is 25.2. The molecule has 3 aromatic carbocycles. The van der Waals surface area contributed by atoms with Crippen molar-refractivity contribution in [1.82, 2.24) is 0 Å². The highest BCUT2D eigenvalue weighted by Crippen LogP contribution is 2.19. The predicted molar refractivity (Wildman–Crippen MR) is 126 cm³/mol. The molecule has 0 radical (unpaired) electrons. The molecule has 1 aliphatic heterocycles. The second-order valence-electron chi connectivity index (χ2n) is 7.48. The average Bonchev–Trinajstić information content (AvgIpc) is 2.82. The molecule has 1 fully saturated rings. The molecule has 4 rings (SSSR count). The summed E-state index contributed by atoms with van der Waals surface area (Å²) in [4.78, 5) is 0. The van der Waals surface area contributed by atoms with E-state index < -0.39 is 25.9 Å². The van der Waals surface area contributed by atoms with Gasteiger partial charge in [0.15, 0.2) is 8.56 Å². The Balaban J connectivity index is 1.34. The van der Waals surface area contributed by atoms with Crippen molar-refractivity contribution in [1.29, 1.82) is 0 Å². The first-order chi connectivity index (χ1) is 14.8. The van der Waals surface area contributed by atoms with Crippen LogP contribution >= 0.6 is 0 Å². The zero-order valence-corrected chi connectivity index (χ0v) is 20.8. The van der Waals surface area contributed by atoms with Gasteiger partial charge in [0.1, 0.15) is 14.8 Å². The second-order valence-corrected chi connectivity index (χ2v) is 21.9. The van der Waals surface area contributed by atoms with Crippen LogP contribution in [-0.4, -0.2) is 32.2 Å². The van der Waals surface area contributed by atoms with E-state index in [2.05, 4.69) is 48.5 Å². The van der Waals surface area contributed by atoms with Gasteiger partial charge in [-0.3, -0.25) is 0 Å². The maximum Gasteiger partial charge on any atom is 0.295 e. The Morgan fingerprint density at radius 2 is 1.20 bits per heavy atom. The van der Waals surface area contributed by atoms with Gasteiger partial charge in [0.2, 0.25) is 0 Å². The van der Waals surface area contributed by atoms with Gasteiger partial charge in [-0.15, -0.1) is 0 Å². The van der Waals surface area contributed by atoms with E-state index in [9.17, 15) is 0 Å². The van der Waals surface area contributed by atoms with Crippen LogP contribution in [0.4, 0.5) is 0 Å². The number of rotatable bonds is 9. The maximum atomic E-state index is 6.43. The van der Waals surface area contributed by atoms with Gasteiger partial charge in [0.05, 0.1) is 19.8 Å². The van der Waals surface area contributed by atoms with Crippen LogP contribution in [0.5, 0.6) is 0 Å². The number of ether oxygens (including phenoxy) is 1. The lowest BCUT2D eigenvalue weighted by molar-refractivity contribution is -0.0895. The fraction of sp³-hybridized carbons (Fsp3) is 0.217. The molecule has 3 aromatic rings. The molecule has 3 unspecified atom stereocenters. The quantitative estimate of drug-likeness (QED) is 0.468. The summed E-state index contributed by atoms with van der Waals surface area (Å²) in [6, 6.07) is 31.9. The SMILES string of the molecule is c1ccc(COC2C[SiH](OCc3ccccc3)[SiH2][SiH](OCc3ccccc3)O2)cc1. The summed E-state index contributed by atoms with van der Waals surface area (Å²) in [6.07, 6.45) is -0.202. The maximum absolute atomic E-state index is 6.43. The molecule has 0 spiro atoms. The molecule has 0 aliphatic carbocycles. The van der Waals surface area contributed by atoms with Gasteiger partial charge in [0, 0.05) is 6.04 Å². The number of benzene rings is 3. The highest BCUT2D eigenvalue weighted by atomic mass is 29.6. The van der Waals surface area contributed by atoms with Crippen LogP contribution in [0.2, 0.25) is 6.04 Å². The van der Waals surface area contributed by atoms with E-state index in [1.807, 2.05) is 42.5 Å². The smallest absolute Gasteiger partial charge is 0.295 e. The van der Waals surface area contributed by atoms with Crippen molar-refractivity contribution >= 4 is 25.9 Å². The predicted octanol–water partition coefficient (Wildman–Crippen LogP) is 3.10. The number of hydrogen-bond acceptors (Lipinski definition) is 4. The summed E-state index contributed by atoms with van der Waals surface area (Å²) >= 11 is 0. The molecule has 0 bridgehead atoms. The van der Waals surface area contributed by atoms with Gasteiger partial charge >= 0.3 is 0 Å². The molecule has 1 saturated heterocycles. The molecular formula is C23H28O4Si3. The van der Waals surface area contributed by atoms with Crippen molar-refractivity contribution in [2.75, 3.05) is 0 Å². The lowest BCUT2D eigenvalue weighted by Gasteiger charge is -2.33. The molecular weight excluding hydrogens is 425 g/mol. The standard InChI is InChI=1S/C23H28O4Si3/c1-4-10-20(11-5-1)16-24-23-19-29(25-17-21-12-6-2-7-13-21)28-30(27-23)26-18-22-14-8-3-9-15-22/h1-15,23,29-30H,16-19,28H2. The van der Waals surface area contributed by atoms with E-state index in [0.717, 1.165) is 11.6 Å². The minimum Gasteiger partial charge on any atom is -0.420 e. The van der Waals surface area contributed by atoms with Crippen molar-refractivity contribution < 1.29 is 18.0 Å². The minimum atomic E-state index is -1.71. The zero-order valence-electron chi connectivity index (χ0n) is 17.1. The first kappa shape index (κ1) is 21.4. The molecule has 0 saturated carbocycles. The van der Waals surface area contributed by atoms with E-state index in [1.54, 1.807) is 0 Å². The van der Waals surface area contributed by atoms with Crippen molar-refractivity contribution in [2.45, 2.75) is 32.2 Å². The third-order valence-corrected chi connectivity index (χ3v) is 22.6. The Labute approximate surface area is 183 Å². The lowest BCUT2D eigenvalue weighted by Crippen LogP contribution is -2.51. The monoisotopic (exact) mass is 452 g/mol. The van der Waals surface area contributed by atoms with E-state index >= 15 is 0 Å². The lowest BCUT2D eigenvalue weighted by atomic mass is 10.2. The molecule has 156 valence electrons. The summed E-state index contributed by atoms with van der Waals surface area (Å²) in [5.41, 5.74) is 3.59. The second kappa shape index (κ2) is 11.5. The van der Waals surface area contributed by atoms with Crippen LogP contribution in [0.3, 0.4) is 0 Å². The molecule has 7 heteroatoms. The Morgan fingerprint density at radius 1 is 0.700 bits per heavy atom. The fourth-order valence-electron chi connectivity index (χ4n) is 3.47. The van der Waals surface area contributed by atoms with Crippen molar-refractivity contribution in [2.24, 2.45) is 0 Å². The molecule has 1 aliphatic rings. The van der Waals surface area contributed by atoms with Crippen LogP contribution in [-0.2, 0) is 37.8 Å². The molecule has 0 aromatic heterocycles. The molecule has 3 atom stereocenters. The third kappa shape index (κ3) is 6.85. The average molecular weight is 453 g/mol. The Morgan fingerprint density at radius 3 is 1.77 bits per heavy atom. The van der Waals surface area contributed by atoms with E-state index in [4.69, 9.17) is 18.0 Å². The fourth-order valence-corrected chi connectivity index (χ4v) is 21.2. The molecule has 1 heterocycles. The minimum absolute atomic E-state index is 0.202. The van der Waals surface area contributed by atoms with Gasteiger partial charge in [-0.1, -0.05) is 91.0 Å². The van der Waals surface area contributed by atoms with Crippen LogP contribution in [0, 0.1) is 0 Å². The van der Waals surface area contributed by atoms with Gasteiger partial charge in [-0.25, -0.2) is 0 Å². The van der Waals surface area contributed by atoms with E-state index in [-0.39, 0.29) is 6.29 Å². The molecule has 4 nitrogen and oxygen atoms in total. The summed E-state index contributed by atoms with van der Waals surface area (Å²) in [7, 11) is -3.52. The van der Waals surface area contributed by atoms with Crippen molar-refractivity contribution in [3.8, 4) is 0 Å². The highest BCUT2D eigenvalue weighted by molar-refractivity contribution is 7.37. The first-order valence-electron chi connectivity index (χ1n) is 10.5. The summed E-state index contributed by atoms with van der Waals surface area (Å²) in [5.74, 6) is 0. The Hall–Kier alpha value is -1.85. The molecule has 0 amide bonds.